The van der Waals surface area contributed by atoms with E-state index in [1.165, 1.54) is 0 Å². The molecule has 5 heteroatoms. The normalized spacial score (nSPS) is 12.2. The zero-order valence-corrected chi connectivity index (χ0v) is 11.8. The summed E-state index contributed by atoms with van der Waals surface area (Å²) in [5, 5.41) is 12.6. The number of carbonyl (C=O) groups excluding carboxylic acids is 1. The first kappa shape index (κ1) is 15.3. The zero-order chi connectivity index (χ0) is 13.5. The Bertz CT molecular complexity index is 410. The van der Waals surface area contributed by atoms with Crippen LogP contribution in [0.15, 0.2) is 18.2 Å². The molecule has 1 amide bonds. The maximum Gasteiger partial charge on any atom is 0.223 e. The van der Waals surface area contributed by atoms with Gasteiger partial charge in [0.2, 0.25) is 5.91 Å². The molecule has 0 radical (unpaired) electrons. The molecule has 0 heterocycles. The Labute approximate surface area is 117 Å². The number of hydrogen-bond acceptors (Lipinski definition) is 2. The van der Waals surface area contributed by atoms with Gasteiger partial charge in [0.25, 0.3) is 0 Å². The van der Waals surface area contributed by atoms with E-state index < -0.39 is 0 Å². The number of benzene rings is 1. The third-order valence-corrected chi connectivity index (χ3v) is 3.21. The molecule has 18 heavy (non-hydrogen) atoms. The van der Waals surface area contributed by atoms with Gasteiger partial charge in [-0.2, -0.15) is 0 Å². The van der Waals surface area contributed by atoms with Crippen molar-refractivity contribution in [1.29, 1.82) is 0 Å². The van der Waals surface area contributed by atoms with Crippen molar-refractivity contribution < 1.29 is 9.90 Å². The molecule has 100 valence electrons. The number of amides is 1. The van der Waals surface area contributed by atoms with Gasteiger partial charge in [-0.3, -0.25) is 4.79 Å². The van der Waals surface area contributed by atoms with E-state index in [9.17, 15) is 4.79 Å². The van der Waals surface area contributed by atoms with E-state index in [1.54, 1.807) is 12.1 Å². The first-order valence-corrected chi connectivity index (χ1v) is 6.62. The lowest BCUT2D eigenvalue weighted by Gasteiger charge is -2.13. The van der Waals surface area contributed by atoms with Crippen molar-refractivity contribution in [1.82, 2.24) is 5.32 Å². The van der Waals surface area contributed by atoms with Crippen molar-refractivity contribution in [2.75, 3.05) is 13.2 Å². The van der Waals surface area contributed by atoms with Gasteiger partial charge in [-0.1, -0.05) is 36.2 Å². The number of rotatable bonds is 6. The molecule has 0 spiro atoms. The monoisotopic (exact) mass is 289 g/mol. The highest BCUT2D eigenvalue weighted by Gasteiger charge is 2.14. The van der Waals surface area contributed by atoms with Gasteiger partial charge in [-0.05, 0) is 30.5 Å². The summed E-state index contributed by atoms with van der Waals surface area (Å²) in [6.45, 7) is 2.42. The predicted octanol–water partition coefficient (Wildman–Crippen LogP) is 2.67. The van der Waals surface area contributed by atoms with Gasteiger partial charge in [0.1, 0.15) is 0 Å². The minimum Gasteiger partial charge on any atom is -0.396 e. The lowest BCUT2D eigenvalue weighted by Crippen LogP contribution is -2.31. The molecule has 1 unspecified atom stereocenters. The van der Waals surface area contributed by atoms with Gasteiger partial charge in [0.05, 0.1) is 0 Å². The predicted molar refractivity (Wildman–Crippen MR) is 74.0 cm³/mol. The molecular weight excluding hydrogens is 273 g/mol. The summed E-state index contributed by atoms with van der Waals surface area (Å²) in [6, 6.07) is 5.27. The van der Waals surface area contributed by atoms with Crippen molar-refractivity contribution in [3.63, 3.8) is 0 Å². The number of aliphatic hydroxyl groups is 1. The number of hydrogen-bond donors (Lipinski definition) is 2. The summed E-state index contributed by atoms with van der Waals surface area (Å²) in [5.41, 5.74) is 0.908. The molecule has 0 aromatic heterocycles. The Morgan fingerprint density at radius 1 is 1.44 bits per heavy atom. The zero-order valence-electron chi connectivity index (χ0n) is 10.2. The average molecular weight is 290 g/mol. The van der Waals surface area contributed by atoms with E-state index in [0.29, 0.717) is 29.4 Å². The van der Waals surface area contributed by atoms with Gasteiger partial charge in [0.15, 0.2) is 0 Å². The summed E-state index contributed by atoms with van der Waals surface area (Å²) >= 11 is 11.9. The third-order valence-electron chi connectivity index (χ3n) is 2.62. The highest BCUT2D eigenvalue weighted by molar-refractivity contribution is 6.35. The first-order chi connectivity index (χ1) is 8.54. The van der Waals surface area contributed by atoms with Crippen molar-refractivity contribution in [3.8, 4) is 0 Å². The van der Waals surface area contributed by atoms with Gasteiger partial charge in [0, 0.05) is 29.1 Å². The summed E-state index contributed by atoms with van der Waals surface area (Å²) in [5.74, 6) is -0.197. The molecule has 0 saturated heterocycles. The quantitative estimate of drug-likeness (QED) is 0.791. The van der Waals surface area contributed by atoms with E-state index in [0.717, 1.165) is 5.56 Å². The second kappa shape index (κ2) is 7.62. The summed E-state index contributed by atoms with van der Waals surface area (Å²) in [7, 11) is 0. The molecule has 3 nitrogen and oxygen atoms in total. The lowest BCUT2D eigenvalue weighted by molar-refractivity contribution is -0.124. The third kappa shape index (κ3) is 4.84. The van der Waals surface area contributed by atoms with Gasteiger partial charge < -0.3 is 10.4 Å². The van der Waals surface area contributed by atoms with Crippen molar-refractivity contribution in [3.05, 3.63) is 33.8 Å². The second-order valence-electron chi connectivity index (χ2n) is 4.21. The minimum atomic E-state index is -0.164. The number of halogens is 2. The van der Waals surface area contributed by atoms with E-state index in [4.69, 9.17) is 28.3 Å². The highest BCUT2D eigenvalue weighted by Crippen LogP contribution is 2.23. The van der Waals surface area contributed by atoms with Crippen LogP contribution in [0.4, 0.5) is 0 Å². The van der Waals surface area contributed by atoms with Crippen LogP contribution in [-0.4, -0.2) is 24.2 Å². The largest absolute Gasteiger partial charge is 0.396 e. The second-order valence-corrected chi connectivity index (χ2v) is 5.05. The molecule has 0 bridgehead atoms. The van der Waals surface area contributed by atoms with Gasteiger partial charge in [-0.15, -0.1) is 0 Å². The molecule has 0 saturated carbocycles. The number of nitrogens with one attached hydrogen (secondary N) is 1. The van der Waals surface area contributed by atoms with Crippen LogP contribution in [0.3, 0.4) is 0 Å². The minimum absolute atomic E-state index is 0.0329. The van der Waals surface area contributed by atoms with Crippen LogP contribution < -0.4 is 5.32 Å². The highest BCUT2D eigenvalue weighted by atomic mass is 35.5. The van der Waals surface area contributed by atoms with Crippen molar-refractivity contribution in [2.45, 2.75) is 19.8 Å². The van der Waals surface area contributed by atoms with Crippen LogP contribution in [0.1, 0.15) is 18.9 Å². The van der Waals surface area contributed by atoms with E-state index in [2.05, 4.69) is 5.32 Å². The standard InChI is InChI=1S/C13H17Cl2NO2/c1-9(13(18)16-5-2-6-17)7-10-3-4-11(14)8-12(10)15/h3-4,8-9,17H,2,5-7H2,1H3,(H,16,18). The van der Waals surface area contributed by atoms with Crippen LogP contribution >= 0.6 is 23.2 Å². The average Bonchev–Trinajstić information content (AvgIpc) is 2.32. The SMILES string of the molecule is CC(Cc1ccc(Cl)cc1Cl)C(=O)NCCCO. The Hall–Kier alpha value is -0.770. The van der Waals surface area contributed by atoms with Crippen LogP contribution in [-0.2, 0) is 11.2 Å². The van der Waals surface area contributed by atoms with Crippen LogP contribution in [0.25, 0.3) is 0 Å². The van der Waals surface area contributed by atoms with E-state index in [1.807, 2.05) is 13.0 Å². The van der Waals surface area contributed by atoms with E-state index >= 15 is 0 Å². The number of carbonyl (C=O) groups is 1. The topological polar surface area (TPSA) is 49.3 Å². The molecule has 0 aliphatic rings. The lowest BCUT2D eigenvalue weighted by atomic mass is 10.0. The fourth-order valence-corrected chi connectivity index (χ4v) is 2.06. The van der Waals surface area contributed by atoms with Crippen molar-refractivity contribution >= 4 is 29.1 Å². The van der Waals surface area contributed by atoms with Gasteiger partial charge in [-0.25, -0.2) is 0 Å². The summed E-state index contributed by atoms with van der Waals surface area (Å²) in [6.07, 6.45) is 1.14. The van der Waals surface area contributed by atoms with Gasteiger partial charge >= 0.3 is 0 Å². The summed E-state index contributed by atoms with van der Waals surface area (Å²) < 4.78 is 0. The van der Waals surface area contributed by atoms with Crippen LogP contribution in [0.5, 0.6) is 0 Å². The molecular formula is C13H17Cl2NO2. The maximum absolute atomic E-state index is 11.7. The van der Waals surface area contributed by atoms with Crippen LogP contribution in [0.2, 0.25) is 10.0 Å². The molecule has 0 fully saturated rings. The Morgan fingerprint density at radius 2 is 2.17 bits per heavy atom. The molecule has 1 atom stereocenters. The van der Waals surface area contributed by atoms with Crippen molar-refractivity contribution in [2.24, 2.45) is 5.92 Å². The molecule has 1 aromatic rings. The maximum atomic E-state index is 11.7. The smallest absolute Gasteiger partial charge is 0.223 e. The summed E-state index contributed by atoms with van der Waals surface area (Å²) in [4.78, 5) is 11.7. The van der Waals surface area contributed by atoms with Crippen LogP contribution in [0, 0.1) is 5.92 Å². The fraction of sp³-hybridized carbons (Fsp3) is 0.462. The molecule has 1 aromatic carbocycles. The fourth-order valence-electron chi connectivity index (χ4n) is 1.57. The molecule has 1 rings (SSSR count). The Kier molecular flexibility index (Phi) is 6.47. The molecule has 2 N–H and O–H groups in total. The molecule has 0 aliphatic carbocycles. The Morgan fingerprint density at radius 3 is 2.78 bits per heavy atom. The number of aliphatic hydroxyl groups excluding tert-OH is 1. The Balaban J connectivity index is 2.53. The van der Waals surface area contributed by atoms with E-state index in [-0.39, 0.29) is 18.4 Å². The first-order valence-electron chi connectivity index (χ1n) is 5.87. The molecule has 0 aliphatic heterocycles.